The second kappa shape index (κ2) is 5.67. The standard InChI is InChI=1S/C17H19F3N2O/c18-17(19,20)12-6-4-5-11(9-12)14-13(10-21)16(22-15(14)23)7-2-1-3-8-16/h4-6,9H,1-3,7-8,10,21H2,(H,22,23). The van der Waals surface area contributed by atoms with Crippen molar-refractivity contribution < 1.29 is 18.0 Å². The van der Waals surface area contributed by atoms with E-state index in [1.54, 1.807) is 6.07 Å². The molecule has 0 atom stereocenters. The summed E-state index contributed by atoms with van der Waals surface area (Å²) in [4.78, 5) is 12.5. The molecule has 3 N–H and O–H groups in total. The van der Waals surface area contributed by atoms with Crippen molar-refractivity contribution in [1.82, 2.24) is 5.32 Å². The third-order valence-electron chi connectivity index (χ3n) is 4.85. The van der Waals surface area contributed by atoms with Gasteiger partial charge in [-0.2, -0.15) is 13.2 Å². The van der Waals surface area contributed by atoms with E-state index in [9.17, 15) is 18.0 Å². The average molecular weight is 324 g/mol. The van der Waals surface area contributed by atoms with Crippen molar-refractivity contribution in [1.29, 1.82) is 0 Å². The van der Waals surface area contributed by atoms with Gasteiger partial charge >= 0.3 is 6.18 Å². The van der Waals surface area contributed by atoms with Crippen molar-refractivity contribution in [3.05, 3.63) is 41.0 Å². The Morgan fingerprint density at radius 3 is 2.48 bits per heavy atom. The van der Waals surface area contributed by atoms with Gasteiger partial charge in [-0.15, -0.1) is 0 Å². The van der Waals surface area contributed by atoms with Gasteiger partial charge in [-0.25, -0.2) is 0 Å². The number of halogens is 3. The molecule has 23 heavy (non-hydrogen) atoms. The van der Waals surface area contributed by atoms with Crippen LogP contribution in [0.25, 0.3) is 5.57 Å². The maximum absolute atomic E-state index is 12.9. The largest absolute Gasteiger partial charge is 0.416 e. The van der Waals surface area contributed by atoms with E-state index in [1.165, 1.54) is 6.07 Å². The van der Waals surface area contributed by atoms with Gasteiger partial charge in [0.15, 0.2) is 0 Å². The van der Waals surface area contributed by atoms with Crippen molar-refractivity contribution in [2.24, 2.45) is 5.73 Å². The van der Waals surface area contributed by atoms with Crippen molar-refractivity contribution in [2.75, 3.05) is 6.54 Å². The number of amides is 1. The molecule has 124 valence electrons. The number of carbonyl (C=O) groups excluding carboxylic acids is 1. The van der Waals surface area contributed by atoms with Gasteiger partial charge in [0, 0.05) is 12.1 Å². The molecule has 3 rings (SSSR count). The minimum atomic E-state index is -4.43. The van der Waals surface area contributed by atoms with Crippen LogP contribution in [0.2, 0.25) is 0 Å². The number of rotatable bonds is 2. The Morgan fingerprint density at radius 2 is 1.87 bits per heavy atom. The maximum atomic E-state index is 12.9. The lowest BCUT2D eigenvalue weighted by Crippen LogP contribution is -2.47. The summed E-state index contributed by atoms with van der Waals surface area (Å²) in [7, 11) is 0. The zero-order chi connectivity index (χ0) is 16.7. The number of nitrogens with one attached hydrogen (secondary N) is 1. The van der Waals surface area contributed by atoms with Crippen LogP contribution in [0.15, 0.2) is 29.8 Å². The lowest BCUT2D eigenvalue weighted by Gasteiger charge is -2.36. The molecule has 1 aromatic rings. The first kappa shape index (κ1) is 16.1. The summed E-state index contributed by atoms with van der Waals surface area (Å²) in [5, 5.41) is 3.00. The van der Waals surface area contributed by atoms with Crippen LogP contribution in [0.3, 0.4) is 0 Å². The zero-order valence-corrected chi connectivity index (χ0v) is 12.7. The fourth-order valence-electron chi connectivity index (χ4n) is 3.77. The fraction of sp³-hybridized carbons (Fsp3) is 0.471. The molecule has 0 bridgehead atoms. The summed E-state index contributed by atoms with van der Waals surface area (Å²) in [6.45, 7) is 0.171. The molecule has 0 aromatic heterocycles. The molecule has 1 amide bonds. The number of hydrogen-bond acceptors (Lipinski definition) is 2. The minimum absolute atomic E-state index is 0.171. The summed E-state index contributed by atoms with van der Waals surface area (Å²) in [6, 6.07) is 4.92. The SMILES string of the molecule is NCC1=C(c2cccc(C(F)(F)F)c2)C(=O)NC12CCCCC2. The first-order valence-electron chi connectivity index (χ1n) is 7.81. The van der Waals surface area contributed by atoms with Crippen LogP contribution < -0.4 is 11.1 Å². The third kappa shape index (κ3) is 2.76. The monoisotopic (exact) mass is 324 g/mol. The highest BCUT2D eigenvalue weighted by atomic mass is 19.4. The van der Waals surface area contributed by atoms with Gasteiger partial charge in [0.1, 0.15) is 0 Å². The molecular weight excluding hydrogens is 305 g/mol. The fourth-order valence-corrected chi connectivity index (χ4v) is 3.77. The first-order chi connectivity index (χ1) is 10.9. The first-order valence-corrected chi connectivity index (χ1v) is 7.81. The Bertz CT molecular complexity index is 658. The second-order valence-corrected chi connectivity index (χ2v) is 6.23. The van der Waals surface area contributed by atoms with E-state index >= 15 is 0 Å². The summed E-state index contributed by atoms with van der Waals surface area (Å²) in [5.41, 5.74) is 6.03. The van der Waals surface area contributed by atoms with Crippen LogP contribution in [-0.2, 0) is 11.0 Å². The minimum Gasteiger partial charge on any atom is -0.343 e. The molecule has 0 unspecified atom stereocenters. The van der Waals surface area contributed by atoms with E-state index in [0.29, 0.717) is 11.1 Å². The molecule has 1 saturated carbocycles. The molecule has 1 fully saturated rings. The highest BCUT2D eigenvalue weighted by molar-refractivity contribution is 6.23. The topological polar surface area (TPSA) is 55.1 Å². The molecule has 1 aliphatic heterocycles. The third-order valence-corrected chi connectivity index (χ3v) is 4.85. The van der Waals surface area contributed by atoms with Gasteiger partial charge in [0.25, 0.3) is 5.91 Å². The molecule has 2 aliphatic rings. The molecule has 1 spiro atoms. The molecule has 3 nitrogen and oxygen atoms in total. The number of nitrogens with two attached hydrogens (primary N) is 1. The van der Waals surface area contributed by atoms with Crippen molar-refractivity contribution in [3.63, 3.8) is 0 Å². The average Bonchev–Trinajstić information content (AvgIpc) is 2.78. The van der Waals surface area contributed by atoms with Crippen LogP contribution in [0.5, 0.6) is 0 Å². The molecule has 1 heterocycles. The Hall–Kier alpha value is -1.82. The lowest BCUT2D eigenvalue weighted by atomic mass is 9.76. The van der Waals surface area contributed by atoms with E-state index in [0.717, 1.165) is 49.8 Å². The highest BCUT2D eigenvalue weighted by Crippen LogP contribution is 2.42. The Kier molecular flexibility index (Phi) is 3.96. The summed E-state index contributed by atoms with van der Waals surface area (Å²) in [5.74, 6) is -0.313. The quantitative estimate of drug-likeness (QED) is 0.877. The van der Waals surface area contributed by atoms with Gasteiger partial charge in [-0.05, 0) is 36.1 Å². The van der Waals surface area contributed by atoms with Gasteiger partial charge in [0.05, 0.1) is 11.1 Å². The van der Waals surface area contributed by atoms with Gasteiger partial charge in [0.2, 0.25) is 0 Å². The van der Waals surface area contributed by atoms with Crippen molar-refractivity contribution in [2.45, 2.75) is 43.8 Å². The van der Waals surface area contributed by atoms with Crippen LogP contribution >= 0.6 is 0 Å². The van der Waals surface area contributed by atoms with Crippen molar-refractivity contribution >= 4 is 11.5 Å². The Labute approximate surface area is 132 Å². The van der Waals surface area contributed by atoms with E-state index in [2.05, 4.69) is 5.32 Å². The van der Waals surface area contributed by atoms with Crippen LogP contribution in [0.1, 0.15) is 43.2 Å². The van der Waals surface area contributed by atoms with Gasteiger partial charge in [-0.3, -0.25) is 4.79 Å². The summed E-state index contributed by atoms with van der Waals surface area (Å²) < 4.78 is 38.8. The Balaban J connectivity index is 2.09. The number of alkyl halides is 3. The maximum Gasteiger partial charge on any atom is 0.416 e. The summed E-state index contributed by atoms with van der Waals surface area (Å²) >= 11 is 0. The molecular formula is C17H19F3N2O. The Morgan fingerprint density at radius 1 is 1.17 bits per heavy atom. The van der Waals surface area contributed by atoms with Gasteiger partial charge < -0.3 is 11.1 Å². The number of hydrogen-bond donors (Lipinski definition) is 2. The molecule has 6 heteroatoms. The van der Waals surface area contributed by atoms with E-state index in [1.807, 2.05) is 0 Å². The molecule has 1 aromatic carbocycles. The van der Waals surface area contributed by atoms with Crippen LogP contribution in [0, 0.1) is 0 Å². The number of benzene rings is 1. The lowest BCUT2D eigenvalue weighted by molar-refractivity contribution is -0.137. The zero-order valence-electron chi connectivity index (χ0n) is 12.7. The molecule has 0 radical (unpaired) electrons. The normalized spacial score (nSPS) is 21.0. The number of carbonyl (C=O) groups is 1. The van der Waals surface area contributed by atoms with Gasteiger partial charge in [-0.1, -0.05) is 31.4 Å². The second-order valence-electron chi connectivity index (χ2n) is 6.23. The van der Waals surface area contributed by atoms with E-state index in [4.69, 9.17) is 5.73 Å². The van der Waals surface area contributed by atoms with Crippen molar-refractivity contribution in [3.8, 4) is 0 Å². The highest BCUT2D eigenvalue weighted by Gasteiger charge is 2.45. The molecule has 1 aliphatic carbocycles. The van der Waals surface area contributed by atoms with E-state index in [-0.39, 0.29) is 12.5 Å². The predicted molar refractivity (Wildman–Crippen MR) is 81.4 cm³/mol. The summed E-state index contributed by atoms with van der Waals surface area (Å²) in [6.07, 6.45) is 0.242. The van der Waals surface area contributed by atoms with E-state index < -0.39 is 17.3 Å². The van der Waals surface area contributed by atoms with Crippen LogP contribution in [0.4, 0.5) is 13.2 Å². The van der Waals surface area contributed by atoms with Crippen LogP contribution in [-0.4, -0.2) is 18.0 Å². The smallest absolute Gasteiger partial charge is 0.343 e. The predicted octanol–water partition coefficient (Wildman–Crippen LogP) is 3.25. The molecule has 0 saturated heterocycles.